The summed E-state index contributed by atoms with van der Waals surface area (Å²) in [4.78, 5) is 28.1. The van der Waals surface area contributed by atoms with Crippen molar-refractivity contribution in [3.05, 3.63) is 47.2 Å². The summed E-state index contributed by atoms with van der Waals surface area (Å²) in [6.07, 6.45) is 0. The number of carbonyl (C=O) groups excluding carboxylic acids is 2. The van der Waals surface area contributed by atoms with Crippen molar-refractivity contribution >= 4 is 12.1 Å². The Hall–Kier alpha value is -2.30. The van der Waals surface area contributed by atoms with Crippen LogP contribution in [0.3, 0.4) is 0 Å². The predicted octanol–water partition coefficient (Wildman–Crippen LogP) is 4.53. The zero-order valence-corrected chi connectivity index (χ0v) is 15.8. The minimum atomic E-state index is -0.380. The lowest BCUT2D eigenvalue weighted by Crippen LogP contribution is -2.54. The number of nitrogens with zero attached hydrogens (tertiary/aromatic N) is 2. The molecule has 1 aliphatic rings. The van der Waals surface area contributed by atoms with Crippen LogP contribution in [0, 0.1) is 0 Å². The van der Waals surface area contributed by atoms with Crippen molar-refractivity contribution in [2.24, 2.45) is 0 Å². The Balaban J connectivity index is 0.00000139. The van der Waals surface area contributed by atoms with Crippen LogP contribution in [0.1, 0.15) is 53.1 Å². The Morgan fingerprint density at radius 1 is 1.17 bits per heavy atom. The van der Waals surface area contributed by atoms with Crippen molar-refractivity contribution in [1.82, 2.24) is 15.1 Å². The van der Waals surface area contributed by atoms with Gasteiger partial charge in [0.25, 0.3) is 0 Å². The number of urea groups is 2. The van der Waals surface area contributed by atoms with E-state index in [9.17, 15) is 9.59 Å². The van der Waals surface area contributed by atoms with E-state index in [2.05, 4.69) is 5.32 Å². The molecule has 1 unspecified atom stereocenters. The SMILES string of the molecule is CC.CC1=C(C)C(c2ccccc2)N(C(=O)N(C)C(C)C)C(=O)N1. The van der Waals surface area contributed by atoms with Crippen molar-refractivity contribution in [2.45, 2.75) is 53.6 Å². The molecule has 1 heterocycles. The van der Waals surface area contributed by atoms with Crippen molar-refractivity contribution in [3.8, 4) is 0 Å². The highest BCUT2D eigenvalue weighted by molar-refractivity contribution is 5.96. The molecule has 5 nitrogen and oxygen atoms in total. The van der Waals surface area contributed by atoms with Gasteiger partial charge in [0.05, 0.1) is 6.04 Å². The molecule has 1 aromatic carbocycles. The summed E-state index contributed by atoms with van der Waals surface area (Å²) >= 11 is 0. The maximum atomic E-state index is 12.8. The molecule has 0 radical (unpaired) electrons. The number of allylic oxidation sites excluding steroid dienone is 1. The molecule has 1 aromatic rings. The molecule has 0 fully saturated rings. The zero-order valence-electron chi connectivity index (χ0n) is 15.8. The Morgan fingerprint density at radius 3 is 2.21 bits per heavy atom. The van der Waals surface area contributed by atoms with Crippen molar-refractivity contribution < 1.29 is 9.59 Å². The van der Waals surface area contributed by atoms with Crippen LogP contribution in [0.2, 0.25) is 0 Å². The molecule has 0 bridgehead atoms. The largest absolute Gasteiger partial charge is 0.330 e. The van der Waals surface area contributed by atoms with Gasteiger partial charge < -0.3 is 10.2 Å². The van der Waals surface area contributed by atoms with E-state index in [0.717, 1.165) is 16.8 Å². The average molecular weight is 331 g/mol. The third-order valence-electron chi connectivity index (χ3n) is 4.17. The van der Waals surface area contributed by atoms with E-state index in [1.54, 1.807) is 11.9 Å². The Labute approximate surface area is 145 Å². The summed E-state index contributed by atoms with van der Waals surface area (Å²) in [5, 5.41) is 2.77. The number of benzene rings is 1. The molecule has 4 amide bonds. The third kappa shape index (κ3) is 3.96. The van der Waals surface area contributed by atoms with Crippen LogP contribution in [0.5, 0.6) is 0 Å². The Bertz CT molecular complexity index is 608. The quantitative estimate of drug-likeness (QED) is 0.865. The first-order chi connectivity index (χ1) is 11.3. The summed E-state index contributed by atoms with van der Waals surface area (Å²) in [6, 6.07) is 8.60. The minimum Gasteiger partial charge on any atom is -0.325 e. The summed E-state index contributed by atoms with van der Waals surface area (Å²) in [6.45, 7) is 11.6. The van der Waals surface area contributed by atoms with Gasteiger partial charge >= 0.3 is 12.1 Å². The molecule has 2 rings (SSSR count). The maximum Gasteiger partial charge on any atom is 0.330 e. The number of hydrogen-bond donors (Lipinski definition) is 1. The second kappa shape index (κ2) is 8.52. The van der Waals surface area contributed by atoms with Crippen molar-refractivity contribution in [2.75, 3.05) is 7.05 Å². The third-order valence-corrected chi connectivity index (χ3v) is 4.17. The van der Waals surface area contributed by atoms with Gasteiger partial charge in [0.15, 0.2) is 0 Å². The normalized spacial score (nSPS) is 17.2. The van der Waals surface area contributed by atoms with Gasteiger partial charge in [-0.05, 0) is 38.8 Å². The van der Waals surface area contributed by atoms with E-state index in [-0.39, 0.29) is 24.1 Å². The van der Waals surface area contributed by atoms with Gasteiger partial charge in [0.1, 0.15) is 0 Å². The van der Waals surface area contributed by atoms with Crippen LogP contribution in [-0.2, 0) is 0 Å². The van der Waals surface area contributed by atoms with Gasteiger partial charge in [0, 0.05) is 18.8 Å². The zero-order chi connectivity index (χ0) is 18.4. The number of imide groups is 1. The molecule has 1 aliphatic heterocycles. The van der Waals surface area contributed by atoms with Crippen LogP contribution in [-0.4, -0.2) is 35.0 Å². The molecule has 0 aliphatic carbocycles. The molecule has 132 valence electrons. The van der Waals surface area contributed by atoms with E-state index in [1.165, 1.54) is 4.90 Å². The summed E-state index contributed by atoms with van der Waals surface area (Å²) in [7, 11) is 1.71. The average Bonchev–Trinajstić information content (AvgIpc) is 2.59. The summed E-state index contributed by atoms with van der Waals surface area (Å²) in [5.41, 5.74) is 2.70. The van der Waals surface area contributed by atoms with E-state index < -0.39 is 0 Å². The first kappa shape index (κ1) is 19.7. The van der Waals surface area contributed by atoms with E-state index in [1.807, 2.05) is 71.9 Å². The van der Waals surface area contributed by atoms with Gasteiger partial charge in [-0.1, -0.05) is 44.2 Å². The van der Waals surface area contributed by atoms with Crippen LogP contribution in [0.15, 0.2) is 41.6 Å². The smallest absolute Gasteiger partial charge is 0.325 e. The molecular formula is C19H29N3O2. The van der Waals surface area contributed by atoms with Crippen molar-refractivity contribution in [1.29, 1.82) is 0 Å². The highest BCUT2D eigenvalue weighted by Gasteiger charge is 2.38. The monoisotopic (exact) mass is 331 g/mol. The number of amides is 4. The molecule has 5 heteroatoms. The van der Waals surface area contributed by atoms with E-state index in [0.29, 0.717) is 0 Å². The Kier molecular flexibility index (Phi) is 7.01. The van der Waals surface area contributed by atoms with Crippen molar-refractivity contribution in [3.63, 3.8) is 0 Å². The molecule has 0 saturated heterocycles. The maximum absolute atomic E-state index is 12.8. The summed E-state index contributed by atoms with van der Waals surface area (Å²) < 4.78 is 0. The van der Waals surface area contributed by atoms with Gasteiger partial charge in [-0.15, -0.1) is 0 Å². The van der Waals surface area contributed by atoms with Gasteiger partial charge in [0.2, 0.25) is 0 Å². The van der Waals surface area contributed by atoms with Crippen LogP contribution in [0.4, 0.5) is 9.59 Å². The number of rotatable bonds is 2. The Morgan fingerprint density at radius 2 is 1.71 bits per heavy atom. The summed E-state index contributed by atoms with van der Waals surface area (Å²) in [5.74, 6) is 0. The predicted molar refractivity (Wildman–Crippen MR) is 97.6 cm³/mol. The second-order valence-electron chi connectivity index (χ2n) is 5.91. The highest BCUT2D eigenvalue weighted by atomic mass is 16.2. The van der Waals surface area contributed by atoms with Crippen LogP contribution >= 0.6 is 0 Å². The van der Waals surface area contributed by atoms with Crippen LogP contribution < -0.4 is 5.32 Å². The van der Waals surface area contributed by atoms with E-state index >= 15 is 0 Å². The van der Waals surface area contributed by atoms with Crippen LogP contribution in [0.25, 0.3) is 0 Å². The number of hydrogen-bond acceptors (Lipinski definition) is 2. The number of carbonyl (C=O) groups is 2. The highest BCUT2D eigenvalue weighted by Crippen LogP contribution is 2.33. The topological polar surface area (TPSA) is 52.7 Å². The first-order valence-corrected chi connectivity index (χ1v) is 8.44. The van der Waals surface area contributed by atoms with Gasteiger partial charge in [-0.2, -0.15) is 0 Å². The fraction of sp³-hybridized carbons (Fsp3) is 0.474. The lowest BCUT2D eigenvalue weighted by molar-refractivity contribution is 0.141. The molecule has 0 aromatic heterocycles. The standard InChI is InChI=1S/C17H23N3O2.C2H6/c1-11(2)19(5)17(22)20-15(14-9-7-6-8-10-14)12(3)13(4)18-16(20)21;1-2/h6-11,15H,1-5H3,(H,18,21);1-2H3. The fourth-order valence-corrected chi connectivity index (χ4v) is 2.46. The minimum absolute atomic E-state index is 0.0176. The lowest BCUT2D eigenvalue weighted by Gasteiger charge is -2.39. The van der Waals surface area contributed by atoms with E-state index in [4.69, 9.17) is 0 Å². The molecule has 1 N–H and O–H groups in total. The molecule has 0 saturated carbocycles. The first-order valence-electron chi connectivity index (χ1n) is 8.44. The fourth-order valence-electron chi connectivity index (χ4n) is 2.46. The molecule has 1 atom stereocenters. The van der Waals surface area contributed by atoms with Gasteiger partial charge in [-0.3, -0.25) is 0 Å². The number of nitrogens with one attached hydrogen (secondary N) is 1. The second-order valence-corrected chi connectivity index (χ2v) is 5.91. The molecular weight excluding hydrogens is 302 g/mol. The molecule has 0 spiro atoms. The lowest BCUT2D eigenvalue weighted by atomic mass is 9.95. The molecule has 24 heavy (non-hydrogen) atoms. The van der Waals surface area contributed by atoms with Gasteiger partial charge in [-0.25, -0.2) is 14.5 Å².